The van der Waals surface area contributed by atoms with Crippen molar-refractivity contribution in [2.75, 3.05) is 13.6 Å². The van der Waals surface area contributed by atoms with Crippen LogP contribution in [0.4, 0.5) is 0 Å². The van der Waals surface area contributed by atoms with E-state index >= 15 is 0 Å². The lowest BCUT2D eigenvalue weighted by Crippen LogP contribution is -2.37. The highest BCUT2D eigenvalue weighted by Gasteiger charge is 2.19. The lowest BCUT2D eigenvalue weighted by Gasteiger charge is -2.32. The number of amides is 1. The Bertz CT molecular complexity index is 531. The summed E-state index contributed by atoms with van der Waals surface area (Å²) in [4.78, 5) is 23.3. The van der Waals surface area contributed by atoms with E-state index in [4.69, 9.17) is 0 Å². The van der Waals surface area contributed by atoms with Crippen molar-refractivity contribution in [3.63, 3.8) is 0 Å². The minimum absolute atomic E-state index is 0.114. The number of aryl methyl sites for hydroxylation is 2. The highest BCUT2D eigenvalue weighted by Crippen LogP contribution is 2.19. The molecule has 120 valence electrons. The first-order valence-corrected chi connectivity index (χ1v) is 8.53. The molecule has 1 aliphatic heterocycles. The van der Waals surface area contributed by atoms with Gasteiger partial charge in [-0.3, -0.25) is 4.79 Å². The zero-order valence-electron chi connectivity index (χ0n) is 13.5. The summed E-state index contributed by atoms with van der Waals surface area (Å²) in [6.45, 7) is 1.61. The van der Waals surface area contributed by atoms with Crippen molar-refractivity contribution < 1.29 is 4.79 Å². The second-order valence-corrected chi connectivity index (χ2v) is 6.56. The number of carbonyl (C=O) groups excluding carboxylic acids is 1. The number of aromatic nitrogens is 2. The maximum absolute atomic E-state index is 12.0. The molecule has 2 aliphatic rings. The first-order chi connectivity index (χ1) is 10.7. The molecule has 0 radical (unpaired) electrons. The predicted molar refractivity (Wildman–Crippen MR) is 85.4 cm³/mol. The first-order valence-electron chi connectivity index (χ1n) is 8.53. The highest BCUT2D eigenvalue weighted by molar-refractivity contribution is 5.75. The topological polar surface area (TPSA) is 58.1 Å². The summed E-state index contributed by atoms with van der Waals surface area (Å²) in [7, 11) is 2.17. The largest absolute Gasteiger partial charge is 0.349 e. The second-order valence-electron chi connectivity index (χ2n) is 6.56. The summed E-state index contributed by atoms with van der Waals surface area (Å²) < 4.78 is 0. The van der Waals surface area contributed by atoms with Gasteiger partial charge < -0.3 is 10.2 Å². The van der Waals surface area contributed by atoms with Crippen LogP contribution in [-0.4, -0.2) is 40.4 Å². The number of fused-ring (bicyclic) bond motifs is 1. The quantitative estimate of drug-likeness (QED) is 0.902. The monoisotopic (exact) mass is 302 g/mol. The van der Waals surface area contributed by atoms with E-state index in [1.54, 1.807) is 0 Å². The fraction of sp³-hybridized carbons (Fsp3) is 0.706. The summed E-state index contributed by atoms with van der Waals surface area (Å²) in [5.74, 6) is 0.854. The van der Waals surface area contributed by atoms with Crippen LogP contribution in [-0.2, 0) is 24.2 Å². The van der Waals surface area contributed by atoms with Crippen molar-refractivity contribution in [2.24, 2.45) is 0 Å². The van der Waals surface area contributed by atoms with Gasteiger partial charge in [0.2, 0.25) is 5.91 Å². The summed E-state index contributed by atoms with van der Waals surface area (Å²) in [5.41, 5.74) is 2.44. The first kappa shape index (κ1) is 15.4. The Hall–Kier alpha value is -1.49. The average molecular weight is 302 g/mol. The third-order valence-corrected chi connectivity index (χ3v) is 4.93. The number of rotatable bonds is 5. The summed E-state index contributed by atoms with van der Waals surface area (Å²) >= 11 is 0. The number of piperidine rings is 1. The molecule has 0 aromatic carbocycles. The van der Waals surface area contributed by atoms with E-state index in [1.807, 2.05) is 6.20 Å². The van der Waals surface area contributed by atoms with Crippen molar-refractivity contribution in [3.05, 3.63) is 23.3 Å². The van der Waals surface area contributed by atoms with Crippen LogP contribution in [0, 0.1) is 0 Å². The Morgan fingerprint density at radius 1 is 1.36 bits per heavy atom. The van der Waals surface area contributed by atoms with Crippen LogP contribution in [0.15, 0.2) is 6.20 Å². The van der Waals surface area contributed by atoms with E-state index in [2.05, 4.69) is 27.2 Å². The van der Waals surface area contributed by atoms with Gasteiger partial charge >= 0.3 is 0 Å². The van der Waals surface area contributed by atoms with Crippen LogP contribution < -0.4 is 5.32 Å². The smallest absolute Gasteiger partial charge is 0.220 e. The van der Waals surface area contributed by atoms with Crippen molar-refractivity contribution in [3.8, 4) is 0 Å². The molecule has 0 bridgehead atoms. The summed E-state index contributed by atoms with van der Waals surface area (Å²) in [5, 5.41) is 2.96. The molecule has 2 heterocycles. The molecular weight excluding hydrogens is 276 g/mol. The van der Waals surface area contributed by atoms with Gasteiger partial charge in [0.25, 0.3) is 0 Å². The molecule has 3 rings (SSSR count). The molecule has 5 heteroatoms. The van der Waals surface area contributed by atoms with Gasteiger partial charge in [0.15, 0.2) is 0 Å². The van der Waals surface area contributed by atoms with Crippen LogP contribution in [0.3, 0.4) is 0 Å². The minimum Gasteiger partial charge on any atom is -0.349 e. The number of nitrogens with zero attached hydrogens (tertiary/aromatic N) is 3. The van der Waals surface area contributed by atoms with Gasteiger partial charge in [-0.05, 0) is 57.7 Å². The Kier molecular flexibility index (Phi) is 5.03. The maximum Gasteiger partial charge on any atom is 0.220 e. The van der Waals surface area contributed by atoms with Crippen LogP contribution >= 0.6 is 0 Å². The van der Waals surface area contributed by atoms with E-state index in [1.165, 1.54) is 36.9 Å². The predicted octanol–water partition coefficient (Wildman–Crippen LogP) is 1.85. The Balaban J connectivity index is 1.42. The lowest BCUT2D eigenvalue weighted by atomic mass is 9.98. The number of likely N-dealkylation sites (tertiary alicyclic amines) is 1. The minimum atomic E-state index is 0.114. The molecule has 1 aliphatic carbocycles. The Morgan fingerprint density at radius 2 is 2.27 bits per heavy atom. The van der Waals surface area contributed by atoms with Gasteiger partial charge in [-0.2, -0.15) is 0 Å². The Labute approximate surface area is 132 Å². The number of hydrogen-bond donors (Lipinski definition) is 1. The molecule has 1 fully saturated rings. The molecule has 22 heavy (non-hydrogen) atoms. The van der Waals surface area contributed by atoms with E-state index in [0.29, 0.717) is 19.0 Å². The van der Waals surface area contributed by atoms with Gasteiger partial charge in [-0.1, -0.05) is 6.42 Å². The Morgan fingerprint density at radius 3 is 3.14 bits per heavy atom. The molecule has 5 nitrogen and oxygen atoms in total. The van der Waals surface area contributed by atoms with Crippen molar-refractivity contribution in [2.45, 2.75) is 64.0 Å². The van der Waals surface area contributed by atoms with Crippen molar-refractivity contribution >= 4 is 5.91 Å². The molecule has 1 N–H and O–H groups in total. The van der Waals surface area contributed by atoms with E-state index < -0.39 is 0 Å². The molecule has 1 saturated heterocycles. The zero-order valence-corrected chi connectivity index (χ0v) is 13.5. The van der Waals surface area contributed by atoms with Crippen LogP contribution in [0.5, 0.6) is 0 Å². The molecule has 1 unspecified atom stereocenters. The molecule has 1 aromatic heterocycles. The van der Waals surface area contributed by atoms with Gasteiger partial charge in [0, 0.05) is 24.4 Å². The normalized spacial score (nSPS) is 21.6. The molecule has 1 atom stereocenters. The lowest BCUT2D eigenvalue weighted by molar-refractivity contribution is -0.121. The van der Waals surface area contributed by atoms with Gasteiger partial charge in [-0.25, -0.2) is 9.97 Å². The molecule has 0 saturated carbocycles. The number of nitrogens with one attached hydrogen (secondary N) is 1. The fourth-order valence-corrected chi connectivity index (χ4v) is 3.51. The fourth-order valence-electron chi connectivity index (χ4n) is 3.51. The summed E-state index contributed by atoms with van der Waals surface area (Å²) in [6, 6.07) is 0.566. The maximum atomic E-state index is 12.0. The highest BCUT2D eigenvalue weighted by atomic mass is 16.1. The van der Waals surface area contributed by atoms with Crippen LogP contribution in [0.1, 0.15) is 55.6 Å². The number of carbonyl (C=O) groups is 1. The van der Waals surface area contributed by atoms with Gasteiger partial charge in [-0.15, -0.1) is 0 Å². The van der Waals surface area contributed by atoms with Gasteiger partial charge in [0.05, 0.1) is 6.54 Å². The molecular formula is C17H26N4O. The average Bonchev–Trinajstić information content (AvgIpc) is 2.99. The van der Waals surface area contributed by atoms with Crippen LogP contribution in [0.2, 0.25) is 0 Å². The van der Waals surface area contributed by atoms with Crippen molar-refractivity contribution in [1.29, 1.82) is 0 Å². The molecule has 1 aromatic rings. The molecule has 0 spiro atoms. The van der Waals surface area contributed by atoms with Crippen LogP contribution in [0.25, 0.3) is 0 Å². The standard InChI is InChI=1S/C17H26N4O/c1-21-10-3-2-6-14(21)8-9-17(22)19-12-16-18-11-13-5-4-7-15(13)20-16/h11,14H,2-10,12H2,1H3,(H,19,22). The summed E-state index contributed by atoms with van der Waals surface area (Å²) in [6.07, 6.45) is 10.6. The number of hydrogen-bond acceptors (Lipinski definition) is 4. The third kappa shape index (κ3) is 3.83. The van der Waals surface area contributed by atoms with E-state index in [-0.39, 0.29) is 5.91 Å². The SMILES string of the molecule is CN1CCCCC1CCC(=O)NCc1ncc2c(n1)CCC2. The zero-order chi connectivity index (χ0) is 15.4. The van der Waals surface area contributed by atoms with Crippen molar-refractivity contribution in [1.82, 2.24) is 20.2 Å². The third-order valence-electron chi connectivity index (χ3n) is 4.93. The molecule has 1 amide bonds. The van der Waals surface area contributed by atoms with E-state index in [9.17, 15) is 4.79 Å². The second kappa shape index (κ2) is 7.18. The van der Waals surface area contributed by atoms with Gasteiger partial charge in [0.1, 0.15) is 5.82 Å². The van der Waals surface area contributed by atoms with E-state index in [0.717, 1.165) is 31.6 Å².